The molecule has 0 saturated carbocycles. The second kappa shape index (κ2) is 11.9. The van der Waals surface area contributed by atoms with Crippen molar-refractivity contribution in [1.29, 1.82) is 0 Å². The SMILES string of the molecule is COc1cc(C(C)=NNC(=O)C(=O)Nc2cccc(C(F)(F)F)c2)ccc1OC(=O)c1ccccc1OC. The summed E-state index contributed by atoms with van der Waals surface area (Å²) in [7, 11) is 2.79. The van der Waals surface area contributed by atoms with Crippen molar-refractivity contribution in [2.45, 2.75) is 13.1 Å². The number of amides is 2. The van der Waals surface area contributed by atoms with Crippen LogP contribution in [-0.2, 0) is 15.8 Å². The van der Waals surface area contributed by atoms with Gasteiger partial charge in [-0.25, -0.2) is 10.2 Å². The van der Waals surface area contributed by atoms with Crippen LogP contribution in [0.15, 0.2) is 71.8 Å². The number of carbonyl (C=O) groups is 3. The largest absolute Gasteiger partial charge is 0.496 e. The van der Waals surface area contributed by atoms with E-state index in [0.29, 0.717) is 17.4 Å². The summed E-state index contributed by atoms with van der Waals surface area (Å²) >= 11 is 0. The van der Waals surface area contributed by atoms with E-state index in [1.165, 1.54) is 39.3 Å². The van der Waals surface area contributed by atoms with E-state index in [1.807, 2.05) is 5.43 Å². The predicted molar refractivity (Wildman–Crippen MR) is 131 cm³/mol. The molecule has 9 nitrogen and oxygen atoms in total. The number of hydrogen-bond acceptors (Lipinski definition) is 7. The summed E-state index contributed by atoms with van der Waals surface area (Å²) in [6.07, 6.45) is -4.60. The maximum Gasteiger partial charge on any atom is 0.416 e. The molecule has 0 aromatic heterocycles. The van der Waals surface area contributed by atoms with Gasteiger partial charge in [0.1, 0.15) is 11.3 Å². The number of halogens is 3. The predicted octanol–water partition coefficient (Wildman–Crippen LogP) is 4.42. The fourth-order valence-electron chi connectivity index (χ4n) is 3.16. The third-order valence-corrected chi connectivity index (χ3v) is 5.09. The van der Waals surface area contributed by atoms with Crippen LogP contribution in [0.25, 0.3) is 0 Å². The highest BCUT2D eigenvalue weighted by molar-refractivity contribution is 6.39. The van der Waals surface area contributed by atoms with Gasteiger partial charge >= 0.3 is 24.0 Å². The van der Waals surface area contributed by atoms with Gasteiger partial charge in [-0.1, -0.05) is 18.2 Å². The highest BCUT2D eigenvalue weighted by Gasteiger charge is 2.30. The first-order valence-corrected chi connectivity index (χ1v) is 10.9. The molecule has 3 aromatic carbocycles. The molecule has 3 aromatic rings. The molecule has 0 aliphatic carbocycles. The van der Waals surface area contributed by atoms with Gasteiger partial charge in [0.05, 0.1) is 25.5 Å². The summed E-state index contributed by atoms with van der Waals surface area (Å²) in [6, 6.07) is 14.9. The van der Waals surface area contributed by atoms with Crippen molar-refractivity contribution in [3.63, 3.8) is 0 Å². The van der Waals surface area contributed by atoms with Crippen LogP contribution in [0.4, 0.5) is 18.9 Å². The maximum absolute atomic E-state index is 12.8. The zero-order chi connectivity index (χ0) is 27.9. The summed E-state index contributed by atoms with van der Waals surface area (Å²) in [5, 5.41) is 5.93. The van der Waals surface area contributed by atoms with E-state index in [4.69, 9.17) is 14.2 Å². The molecule has 0 radical (unpaired) electrons. The van der Waals surface area contributed by atoms with Crippen molar-refractivity contribution in [2.24, 2.45) is 5.10 Å². The molecule has 2 N–H and O–H groups in total. The van der Waals surface area contributed by atoms with Crippen LogP contribution in [0.3, 0.4) is 0 Å². The number of methoxy groups -OCH3 is 2. The van der Waals surface area contributed by atoms with E-state index in [1.54, 1.807) is 30.3 Å². The molecule has 0 saturated heterocycles. The summed E-state index contributed by atoms with van der Waals surface area (Å²) in [5.74, 6) is -2.44. The molecule has 0 unspecified atom stereocenters. The zero-order valence-electron chi connectivity index (χ0n) is 20.4. The van der Waals surface area contributed by atoms with Crippen molar-refractivity contribution in [3.05, 3.63) is 83.4 Å². The average Bonchev–Trinajstić information content (AvgIpc) is 2.91. The van der Waals surface area contributed by atoms with Gasteiger partial charge < -0.3 is 19.5 Å². The number of rotatable bonds is 7. The van der Waals surface area contributed by atoms with Crippen LogP contribution in [0.1, 0.15) is 28.4 Å². The fraction of sp³-hybridized carbons (Fsp3) is 0.154. The number of para-hydroxylation sites is 1. The number of esters is 1. The van der Waals surface area contributed by atoms with E-state index >= 15 is 0 Å². The minimum atomic E-state index is -4.60. The highest BCUT2D eigenvalue weighted by atomic mass is 19.4. The molecule has 0 spiro atoms. The lowest BCUT2D eigenvalue weighted by molar-refractivity contribution is -0.137. The van der Waals surface area contributed by atoms with Crippen LogP contribution >= 0.6 is 0 Å². The van der Waals surface area contributed by atoms with Crippen LogP contribution in [0.2, 0.25) is 0 Å². The smallest absolute Gasteiger partial charge is 0.416 e. The van der Waals surface area contributed by atoms with Gasteiger partial charge in [0.2, 0.25) is 0 Å². The van der Waals surface area contributed by atoms with Crippen molar-refractivity contribution in [3.8, 4) is 17.2 Å². The van der Waals surface area contributed by atoms with Gasteiger partial charge in [-0.05, 0) is 55.5 Å². The fourth-order valence-corrected chi connectivity index (χ4v) is 3.16. The second-order valence-corrected chi connectivity index (χ2v) is 7.63. The Hall–Kier alpha value is -4.87. The standard InChI is InChI=1S/C26H22F3N3O6/c1-15(31-32-24(34)23(33)30-18-8-6-7-17(14-18)26(27,28)29)16-11-12-21(22(13-16)37-3)38-25(35)19-9-4-5-10-20(19)36-2/h4-14H,1-3H3,(H,30,33)(H,32,34). The highest BCUT2D eigenvalue weighted by Crippen LogP contribution is 2.31. The van der Waals surface area contributed by atoms with Gasteiger partial charge in [0.25, 0.3) is 0 Å². The maximum atomic E-state index is 12.8. The first-order chi connectivity index (χ1) is 18.0. The molecule has 198 valence electrons. The molecular formula is C26H22F3N3O6. The minimum absolute atomic E-state index is 0.115. The molecular weight excluding hydrogens is 507 g/mol. The number of nitrogens with zero attached hydrogens (tertiary/aromatic N) is 1. The van der Waals surface area contributed by atoms with E-state index < -0.39 is 29.5 Å². The molecule has 0 atom stereocenters. The molecule has 12 heteroatoms. The van der Waals surface area contributed by atoms with E-state index in [9.17, 15) is 27.6 Å². The zero-order valence-corrected chi connectivity index (χ0v) is 20.4. The third-order valence-electron chi connectivity index (χ3n) is 5.09. The van der Waals surface area contributed by atoms with Crippen molar-refractivity contribution < 1.29 is 41.8 Å². The van der Waals surface area contributed by atoms with E-state index in [2.05, 4.69) is 10.4 Å². The molecule has 38 heavy (non-hydrogen) atoms. The third kappa shape index (κ3) is 6.87. The number of carbonyl (C=O) groups excluding carboxylic acids is 3. The van der Waals surface area contributed by atoms with Gasteiger partial charge in [-0.2, -0.15) is 18.3 Å². The Morgan fingerprint density at radius 3 is 2.21 bits per heavy atom. The first kappa shape index (κ1) is 27.7. The summed E-state index contributed by atoms with van der Waals surface area (Å²) in [6.45, 7) is 1.53. The number of alkyl halides is 3. The molecule has 0 aliphatic heterocycles. The lowest BCUT2D eigenvalue weighted by Gasteiger charge is -2.12. The van der Waals surface area contributed by atoms with Crippen LogP contribution in [0.5, 0.6) is 17.2 Å². The molecule has 0 fully saturated rings. The summed E-state index contributed by atoms with van der Waals surface area (Å²) in [4.78, 5) is 36.8. The molecule has 3 rings (SSSR count). The number of nitrogens with one attached hydrogen (secondary N) is 2. The number of ether oxygens (including phenoxy) is 3. The number of hydrogen-bond donors (Lipinski definition) is 2. The Morgan fingerprint density at radius 1 is 0.816 bits per heavy atom. The Balaban J connectivity index is 1.68. The number of hydrazone groups is 1. The lowest BCUT2D eigenvalue weighted by atomic mass is 10.1. The number of benzene rings is 3. The Morgan fingerprint density at radius 2 is 1.53 bits per heavy atom. The first-order valence-electron chi connectivity index (χ1n) is 10.9. The van der Waals surface area contributed by atoms with Gasteiger partial charge in [-0.15, -0.1) is 0 Å². The van der Waals surface area contributed by atoms with Gasteiger partial charge in [-0.3, -0.25) is 9.59 Å². The van der Waals surface area contributed by atoms with Crippen LogP contribution in [-0.4, -0.2) is 37.7 Å². The van der Waals surface area contributed by atoms with E-state index in [0.717, 1.165) is 12.1 Å². The summed E-state index contributed by atoms with van der Waals surface area (Å²) in [5.41, 5.74) is 1.78. The molecule has 2 amide bonds. The van der Waals surface area contributed by atoms with Crippen molar-refractivity contribution in [2.75, 3.05) is 19.5 Å². The summed E-state index contributed by atoms with van der Waals surface area (Å²) < 4.78 is 54.4. The molecule has 0 bridgehead atoms. The van der Waals surface area contributed by atoms with Gasteiger partial charge in [0.15, 0.2) is 11.5 Å². The normalized spacial score (nSPS) is 11.4. The quantitative estimate of drug-likeness (QED) is 0.154. The molecule has 0 aliphatic rings. The van der Waals surface area contributed by atoms with Gasteiger partial charge in [0, 0.05) is 11.3 Å². The van der Waals surface area contributed by atoms with Crippen LogP contribution < -0.4 is 25.0 Å². The van der Waals surface area contributed by atoms with E-state index in [-0.39, 0.29) is 28.5 Å². The van der Waals surface area contributed by atoms with Crippen LogP contribution in [0, 0.1) is 0 Å². The van der Waals surface area contributed by atoms with Crippen molar-refractivity contribution >= 4 is 29.2 Å². The Kier molecular flexibility index (Phi) is 8.69. The minimum Gasteiger partial charge on any atom is -0.496 e. The second-order valence-electron chi connectivity index (χ2n) is 7.63. The lowest BCUT2D eigenvalue weighted by Crippen LogP contribution is -2.33. The van der Waals surface area contributed by atoms with Crippen molar-refractivity contribution in [1.82, 2.24) is 5.43 Å². The number of anilines is 1. The topological polar surface area (TPSA) is 115 Å². The average molecular weight is 529 g/mol. The Bertz CT molecular complexity index is 1390. The molecule has 0 heterocycles. The Labute approximate surface area is 215 Å². The monoisotopic (exact) mass is 529 g/mol.